The first-order valence-electron chi connectivity index (χ1n) is 10.4. The second-order valence-corrected chi connectivity index (χ2v) is 8.59. The van der Waals surface area contributed by atoms with Crippen LogP contribution in [0.4, 0.5) is 10.1 Å². The molecule has 2 aliphatic rings. The van der Waals surface area contributed by atoms with Gasteiger partial charge in [-0.1, -0.05) is 23.7 Å². The van der Waals surface area contributed by atoms with Crippen LogP contribution in [0.15, 0.2) is 36.4 Å². The van der Waals surface area contributed by atoms with Gasteiger partial charge in [0.2, 0.25) is 0 Å². The third kappa shape index (κ3) is 4.57. The van der Waals surface area contributed by atoms with Gasteiger partial charge in [0.15, 0.2) is 6.10 Å². The zero-order valence-corrected chi connectivity index (χ0v) is 18.7. The van der Waals surface area contributed by atoms with Crippen LogP contribution >= 0.6 is 11.6 Å². The molecule has 0 bridgehead atoms. The van der Waals surface area contributed by atoms with Gasteiger partial charge >= 0.3 is 0 Å². The summed E-state index contributed by atoms with van der Waals surface area (Å²) in [6.07, 6.45) is -0.588. The van der Waals surface area contributed by atoms with Gasteiger partial charge in [0, 0.05) is 45.3 Å². The van der Waals surface area contributed by atoms with Gasteiger partial charge < -0.3 is 19.3 Å². The Kier molecular flexibility index (Phi) is 6.25. The average molecular weight is 448 g/mol. The Morgan fingerprint density at radius 1 is 1.23 bits per heavy atom. The van der Waals surface area contributed by atoms with Crippen molar-refractivity contribution >= 4 is 23.2 Å². The Morgan fingerprint density at radius 2 is 1.97 bits per heavy atom. The fourth-order valence-electron chi connectivity index (χ4n) is 4.28. The van der Waals surface area contributed by atoms with E-state index in [0.29, 0.717) is 29.6 Å². The van der Waals surface area contributed by atoms with Crippen LogP contribution in [0.25, 0.3) is 0 Å². The van der Waals surface area contributed by atoms with Crippen molar-refractivity contribution in [2.45, 2.75) is 25.6 Å². The van der Waals surface area contributed by atoms with E-state index in [0.717, 1.165) is 30.9 Å². The third-order valence-corrected chi connectivity index (χ3v) is 6.24. The lowest BCUT2D eigenvalue weighted by molar-refractivity contribution is -0.143. The maximum Gasteiger partial charge on any atom is 0.265 e. The molecule has 0 aliphatic carbocycles. The fourth-order valence-corrected chi connectivity index (χ4v) is 4.51. The number of amides is 1. The van der Waals surface area contributed by atoms with Crippen LogP contribution in [0.2, 0.25) is 5.02 Å². The van der Waals surface area contributed by atoms with Crippen molar-refractivity contribution in [3.63, 3.8) is 0 Å². The van der Waals surface area contributed by atoms with Crippen molar-refractivity contribution in [1.82, 2.24) is 9.80 Å². The highest BCUT2D eigenvalue weighted by molar-refractivity contribution is 6.32. The molecule has 2 atom stereocenters. The summed E-state index contributed by atoms with van der Waals surface area (Å²) in [5.41, 5.74) is 1.90. The Bertz CT molecular complexity index is 956. The number of likely N-dealkylation sites (N-methyl/N-ethyl adjacent to an activating group) is 1. The number of methoxy groups -OCH3 is 1. The Morgan fingerprint density at radius 3 is 2.65 bits per heavy atom. The smallest absolute Gasteiger partial charge is 0.265 e. The fraction of sp³-hybridized carbons (Fsp3) is 0.435. The van der Waals surface area contributed by atoms with Crippen molar-refractivity contribution in [2.24, 2.45) is 0 Å². The standard InChI is InChI=1S/C23H27ClFN3O3/c1-15-12-27(13-16-4-6-17(25)7-5-16)8-9-28(15)23(29)22-14-26(2)19-10-18(24)20(30-3)11-21(19)31-22/h4-7,10-11,15,22H,8-9,12-14H2,1-3H3. The maximum atomic E-state index is 13.3. The highest BCUT2D eigenvalue weighted by atomic mass is 35.5. The molecule has 1 saturated heterocycles. The first-order chi connectivity index (χ1) is 14.9. The van der Waals surface area contributed by atoms with Crippen LogP contribution in [0.1, 0.15) is 12.5 Å². The summed E-state index contributed by atoms with van der Waals surface area (Å²) in [7, 11) is 3.48. The number of benzene rings is 2. The molecule has 6 nitrogen and oxygen atoms in total. The monoisotopic (exact) mass is 447 g/mol. The topological polar surface area (TPSA) is 45.2 Å². The molecule has 166 valence electrons. The number of rotatable bonds is 4. The van der Waals surface area contributed by atoms with Gasteiger partial charge in [-0.15, -0.1) is 0 Å². The Labute approximate surface area is 187 Å². The van der Waals surface area contributed by atoms with Gasteiger partial charge in [0.25, 0.3) is 5.91 Å². The molecule has 2 unspecified atom stereocenters. The molecule has 1 fully saturated rings. The van der Waals surface area contributed by atoms with E-state index < -0.39 is 6.10 Å². The number of hydrogen-bond acceptors (Lipinski definition) is 5. The van der Waals surface area contributed by atoms with Crippen LogP contribution in [-0.4, -0.2) is 68.2 Å². The second kappa shape index (κ2) is 8.93. The van der Waals surface area contributed by atoms with Crippen LogP contribution < -0.4 is 14.4 Å². The molecular formula is C23H27ClFN3O3. The highest BCUT2D eigenvalue weighted by Crippen LogP contribution is 2.40. The number of nitrogens with zero attached hydrogens (tertiary/aromatic N) is 3. The van der Waals surface area contributed by atoms with Gasteiger partial charge in [0.1, 0.15) is 17.3 Å². The van der Waals surface area contributed by atoms with E-state index >= 15 is 0 Å². The zero-order chi connectivity index (χ0) is 22.1. The highest BCUT2D eigenvalue weighted by Gasteiger charge is 2.36. The van der Waals surface area contributed by atoms with Gasteiger partial charge in [0.05, 0.1) is 24.4 Å². The predicted octanol–water partition coefficient (Wildman–Crippen LogP) is 3.42. The number of carbonyl (C=O) groups excluding carboxylic acids is 1. The number of halogens is 2. The van der Waals surface area contributed by atoms with E-state index in [1.807, 2.05) is 16.8 Å². The van der Waals surface area contributed by atoms with Gasteiger partial charge in [-0.05, 0) is 30.7 Å². The molecule has 4 rings (SSSR count). The number of anilines is 1. The lowest BCUT2D eigenvalue weighted by Gasteiger charge is -2.42. The summed E-state index contributed by atoms with van der Waals surface area (Å²) in [6, 6.07) is 10.2. The van der Waals surface area contributed by atoms with Gasteiger partial charge in [-0.2, -0.15) is 0 Å². The summed E-state index contributed by atoms with van der Waals surface area (Å²) in [6.45, 7) is 5.39. The van der Waals surface area contributed by atoms with Crippen molar-refractivity contribution < 1.29 is 18.7 Å². The number of fused-ring (bicyclic) bond motifs is 1. The first-order valence-corrected chi connectivity index (χ1v) is 10.8. The van der Waals surface area contributed by atoms with Crippen LogP contribution in [0, 0.1) is 5.82 Å². The lowest BCUT2D eigenvalue weighted by atomic mass is 10.1. The quantitative estimate of drug-likeness (QED) is 0.718. The molecule has 0 aromatic heterocycles. The molecule has 0 N–H and O–H groups in total. The molecular weight excluding hydrogens is 421 g/mol. The van der Waals surface area contributed by atoms with Gasteiger partial charge in [-0.25, -0.2) is 4.39 Å². The SMILES string of the molecule is COc1cc2c(cc1Cl)N(C)CC(C(=O)N1CCN(Cc3ccc(F)cc3)CC1C)O2. The average Bonchev–Trinajstić information content (AvgIpc) is 2.75. The van der Waals surface area contributed by atoms with Crippen LogP contribution in [0.3, 0.4) is 0 Å². The summed E-state index contributed by atoms with van der Waals surface area (Å²) in [5.74, 6) is 0.868. The molecule has 31 heavy (non-hydrogen) atoms. The van der Waals surface area contributed by atoms with Crippen LogP contribution in [-0.2, 0) is 11.3 Å². The second-order valence-electron chi connectivity index (χ2n) is 8.18. The zero-order valence-electron chi connectivity index (χ0n) is 18.0. The minimum atomic E-state index is -0.588. The Balaban J connectivity index is 1.41. The Hall–Kier alpha value is -2.51. The molecule has 8 heteroatoms. The molecule has 2 aromatic carbocycles. The molecule has 0 saturated carbocycles. The predicted molar refractivity (Wildman–Crippen MR) is 119 cm³/mol. The molecule has 2 aromatic rings. The van der Waals surface area contributed by atoms with E-state index in [1.54, 1.807) is 31.4 Å². The molecule has 0 spiro atoms. The number of hydrogen-bond donors (Lipinski definition) is 0. The number of piperazine rings is 1. The summed E-state index contributed by atoms with van der Waals surface area (Å²) < 4.78 is 24.5. The van der Waals surface area contributed by atoms with Gasteiger partial charge in [-0.3, -0.25) is 9.69 Å². The number of ether oxygens (including phenoxy) is 2. The molecule has 1 amide bonds. The lowest BCUT2D eigenvalue weighted by Crippen LogP contribution is -2.58. The molecule has 2 heterocycles. The maximum absolute atomic E-state index is 13.3. The van der Waals surface area contributed by atoms with E-state index in [-0.39, 0.29) is 17.8 Å². The van der Waals surface area contributed by atoms with Crippen molar-refractivity contribution in [3.05, 3.63) is 52.8 Å². The number of carbonyl (C=O) groups is 1. The third-order valence-electron chi connectivity index (χ3n) is 5.94. The van der Waals surface area contributed by atoms with E-state index in [4.69, 9.17) is 21.1 Å². The first kappa shape index (κ1) is 21.7. The van der Waals surface area contributed by atoms with Crippen molar-refractivity contribution in [3.8, 4) is 11.5 Å². The summed E-state index contributed by atoms with van der Waals surface area (Å²) >= 11 is 6.24. The van der Waals surface area contributed by atoms with Crippen molar-refractivity contribution in [1.29, 1.82) is 0 Å². The summed E-state index contributed by atoms with van der Waals surface area (Å²) in [5, 5.41) is 0.507. The minimum Gasteiger partial charge on any atom is -0.495 e. The van der Waals surface area contributed by atoms with Crippen molar-refractivity contribution in [2.75, 3.05) is 45.2 Å². The normalized spacial score (nSPS) is 21.5. The largest absolute Gasteiger partial charge is 0.495 e. The summed E-state index contributed by atoms with van der Waals surface area (Å²) in [4.78, 5) is 19.5. The minimum absolute atomic E-state index is 0.0136. The molecule has 2 aliphatic heterocycles. The molecule has 0 radical (unpaired) electrons. The van der Waals surface area contributed by atoms with E-state index in [2.05, 4.69) is 11.8 Å². The van der Waals surface area contributed by atoms with E-state index in [1.165, 1.54) is 12.1 Å². The van der Waals surface area contributed by atoms with E-state index in [9.17, 15) is 9.18 Å². The van der Waals surface area contributed by atoms with Crippen LogP contribution in [0.5, 0.6) is 11.5 Å².